The van der Waals surface area contributed by atoms with Gasteiger partial charge >= 0.3 is 12.3 Å². The second kappa shape index (κ2) is 6.25. The number of hydrogen-bond acceptors (Lipinski definition) is 3. The van der Waals surface area contributed by atoms with Gasteiger partial charge in [0.2, 0.25) is 5.75 Å². The van der Waals surface area contributed by atoms with Crippen LogP contribution in [0.1, 0.15) is 5.56 Å². The van der Waals surface area contributed by atoms with Gasteiger partial charge in [-0.1, -0.05) is 6.08 Å². The summed E-state index contributed by atoms with van der Waals surface area (Å²) in [7, 11) is 1.89. The number of alkyl halides is 2. The van der Waals surface area contributed by atoms with E-state index in [1.807, 2.05) is 30.0 Å². The molecule has 0 aromatic heterocycles. The Bertz CT molecular complexity index is 652. The van der Waals surface area contributed by atoms with Crippen LogP contribution in [-0.2, 0) is 0 Å². The molecule has 0 spiro atoms. The van der Waals surface area contributed by atoms with Gasteiger partial charge in [-0.15, -0.1) is 0 Å². The van der Waals surface area contributed by atoms with Crippen LogP contribution >= 0.6 is 0 Å². The third kappa shape index (κ3) is 3.71. The number of nitro groups is 1. The average Bonchev–Trinajstić information content (AvgIpc) is 2.62. The first kappa shape index (κ1) is 14.8. The molecule has 5 nitrogen and oxygen atoms in total. The molecule has 0 N–H and O–H groups in total. The van der Waals surface area contributed by atoms with E-state index in [0.29, 0.717) is 12.1 Å². The molecule has 1 aliphatic rings. The molecule has 0 radical (unpaired) electrons. The highest BCUT2D eigenvalue weighted by Crippen LogP contribution is 2.32. The van der Waals surface area contributed by atoms with Crippen molar-refractivity contribution in [2.24, 2.45) is 0 Å². The first-order valence-corrected chi connectivity index (χ1v) is 6.13. The van der Waals surface area contributed by atoms with Crippen LogP contribution in [-0.4, -0.2) is 35.9 Å². The minimum absolute atomic E-state index is 0.445. The summed E-state index contributed by atoms with van der Waals surface area (Å²) in [6.07, 6.45) is 7.37. The molecule has 1 heterocycles. The summed E-state index contributed by atoms with van der Waals surface area (Å²) in [4.78, 5) is 10.1. The Morgan fingerprint density at radius 3 is 2.86 bits per heavy atom. The molecule has 0 unspecified atom stereocenters. The maximum Gasteiger partial charge on any atom is 0.387 e. The predicted molar refractivity (Wildman–Crippen MR) is 74.0 cm³/mol. The lowest BCUT2D eigenvalue weighted by Gasteiger charge is -2.08. The van der Waals surface area contributed by atoms with Gasteiger partial charge in [-0.05, 0) is 29.3 Å². The lowest BCUT2D eigenvalue weighted by Crippen LogP contribution is -2.05. The van der Waals surface area contributed by atoms with E-state index in [-0.39, 0.29) is 0 Å². The molecule has 7 heteroatoms. The normalized spacial score (nSPS) is 14.5. The topological polar surface area (TPSA) is 55.4 Å². The summed E-state index contributed by atoms with van der Waals surface area (Å²) in [5, 5.41) is 10.8. The van der Waals surface area contributed by atoms with Crippen LogP contribution in [0.3, 0.4) is 0 Å². The second-order valence-electron chi connectivity index (χ2n) is 4.43. The molecule has 0 fully saturated rings. The highest BCUT2D eigenvalue weighted by molar-refractivity contribution is 5.87. The van der Waals surface area contributed by atoms with Gasteiger partial charge in [0.05, 0.1) is 4.92 Å². The van der Waals surface area contributed by atoms with Crippen molar-refractivity contribution in [1.82, 2.24) is 0 Å². The third-order valence-corrected chi connectivity index (χ3v) is 2.91. The molecule has 0 amide bonds. The van der Waals surface area contributed by atoms with Gasteiger partial charge in [-0.3, -0.25) is 10.1 Å². The largest absolute Gasteiger partial charge is 0.427 e. The Balaban J connectivity index is 2.44. The van der Waals surface area contributed by atoms with E-state index in [4.69, 9.17) is 0 Å². The number of nitrogens with zero attached hydrogens (tertiary/aromatic N) is 2. The number of halogens is 2. The maximum atomic E-state index is 12.4. The zero-order chi connectivity index (χ0) is 15.4. The summed E-state index contributed by atoms with van der Waals surface area (Å²) in [6, 6.07) is 3.92. The number of allylic oxidation sites excluding steroid dienone is 3. The van der Waals surface area contributed by atoms with Crippen molar-refractivity contribution in [2.75, 3.05) is 13.6 Å². The maximum absolute atomic E-state index is 12.4. The fraction of sp³-hybridized carbons (Fsp3) is 0.214. The van der Waals surface area contributed by atoms with Gasteiger partial charge in [-0.25, -0.2) is 4.58 Å². The molecule has 0 aliphatic carbocycles. The number of ether oxygens (including phenoxy) is 1. The van der Waals surface area contributed by atoms with E-state index in [9.17, 15) is 18.9 Å². The van der Waals surface area contributed by atoms with Crippen LogP contribution in [0.25, 0.3) is 5.57 Å². The van der Waals surface area contributed by atoms with Gasteiger partial charge in [0.1, 0.15) is 7.05 Å². The zero-order valence-electron chi connectivity index (χ0n) is 11.2. The molecule has 110 valence electrons. The van der Waals surface area contributed by atoms with Crippen molar-refractivity contribution >= 4 is 17.5 Å². The Morgan fingerprint density at radius 2 is 2.19 bits per heavy atom. The van der Waals surface area contributed by atoms with Gasteiger partial charge in [-0.2, -0.15) is 8.78 Å². The number of likely N-dealkylation sites (N-methyl/N-ethyl adjacent to an activating group) is 1. The monoisotopic (exact) mass is 295 g/mol. The van der Waals surface area contributed by atoms with Gasteiger partial charge in [0, 0.05) is 12.1 Å². The van der Waals surface area contributed by atoms with E-state index in [1.54, 1.807) is 6.08 Å². The summed E-state index contributed by atoms with van der Waals surface area (Å²) in [5.74, 6) is -0.445. The van der Waals surface area contributed by atoms with Gasteiger partial charge in [0.15, 0.2) is 12.8 Å². The van der Waals surface area contributed by atoms with Crippen molar-refractivity contribution in [2.45, 2.75) is 6.61 Å². The molecule has 1 aromatic rings. The van der Waals surface area contributed by atoms with E-state index in [2.05, 4.69) is 4.74 Å². The summed E-state index contributed by atoms with van der Waals surface area (Å²) in [5.41, 5.74) is 0.839. The van der Waals surface area contributed by atoms with E-state index < -0.39 is 23.0 Å². The van der Waals surface area contributed by atoms with Crippen molar-refractivity contribution in [1.29, 1.82) is 0 Å². The van der Waals surface area contributed by atoms with Crippen molar-refractivity contribution in [3.63, 3.8) is 0 Å². The Kier molecular flexibility index (Phi) is 4.42. The van der Waals surface area contributed by atoms with Crippen LogP contribution in [0.2, 0.25) is 0 Å². The minimum Gasteiger partial charge on any atom is -0.427 e. The number of benzene rings is 1. The fourth-order valence-corrected chi connectivity index (χ4v) is 1.90. The Hall–Kier alpha value is -2.57. The molecule has 0 bridgehead atoms. The highest BCUT2D eigenvalue weighted by Gasteiger charge is 2.19. The first-order chi connectivity index (χ1) is 9.97. The number of rotatable bonds is 4. The highest BCUT2D eigenvalue weighted by atomic mass is 19.3. The summed E-state index contributed by atoms with van der Waals surface area (Å²) >= 11 is 0. The molecular formula is C14H13F2N2O3+. The third-order valence-electron chi connectivity index (χ3n) is 2.91. The standard InChI is InChI=1S/C14H13F2N2O3/c1-17-7-2-3-10(6-8-17)11-4-5-12(18(19)20)13(9-11)21-14(15)16/h2-6,8-9,14H,7H2,1H3/q+1. The first-order valence-electron chi connectivity index (χ1n) is 6.13. The predicted octanol–water partition coefficient (Wildman–Crippen LogP) is 2.86. The molecular weight excluding hydrogens is 282 g/mol. The smallest absolute Gasteiger partial charge is 0.387 e. The molecule has 0 saturated heterocycles. The van der Waals surface area contributed by atoms with Crippen LogP contribution in [0.5, 0.6) is 5.75 Å². The quantitative estimate of drug-likeness (QED) is 0.487. The average molecular weight is 295 g/mol. The van der Waals surface area contributed by atoms with Crippen LogP contribution in [0, 0.1) is 10.1 Å². The van der Waals surface area contributed by atoms with Crippen LogP contribution in [0.15, 0.2) is 36.4 Å². The van der Waals surface area contributed by atoms with Gasteiger partial charge < -0.3 is 4.74 Å². The van der Waals surface area contributed by atoms with E-state index >= 15 is 0 Å². The Labute approximate surface area is 119 Å². The molecule has 21 heavy (non-hydrogen) atoms. The Morgan fingerprint density at radius 1 is 1.43 bits per heavy atom. The number of hydrogen-bond donors (Lipinski definition) is 0. The lowest BCUT2D eigenvalue weighted by atomic mass is 10.0. The molecule has 1 aliphatic heterocycles. The second-order valence-corrected chi connectivity index (χ2v) is 4.43. The minimum atomic E-state index is -3.12. The fourth-order valence-electron chi connectivity index (χ4n) is 1.90. The zero-order valence-corrected chi connectivity index (χ0v) is 11.2. The number of nitro benzene ring substituents is 1. The van der Waals surface area contributed by atoms with Crippen molar-refractivity contribution in [3.05, 3.63) is 52.1 Å². The van der Waals surface area contributed by atoms with Crippen LogP contribution in [0.4, 0.5) is 14.5 Å². The molecule has 0 saturated carbocycles. The van der Waals surface area contributed by atoms with Crippen LogP contribution < -0.4 is 4.74 Å². The molecule has 0 atom stereocenters. The van der Waals surface area contributed by atoms with Crippen molar-refractivity contribution < 1.29 is 23.0 Å². The lowest BCUT2D eigenvalue weighted by molar-refractivity contribution is -0.480. The van der Waals surface area contributed by atoms with Crippen molar-refractivity contribution in [3.8, 4) is 5.75 Å². The molecule has 1 aromatic carbocycles. The SMILES string of the molecule is C[N+]1=CC=C(c2ccc([N+](=O)[O-])c(OC(F)F)c2)C=CC1. The van der Waals surface area contributed by atoms with Gasteiger partial charge in [0.25, 0.3) is 0 Å². The van der Waals surface area contributed by atoms with E-state index in [1.165, 1.54) is 12.1 Å². The summed E-state index contributed by atoms with van der Waals surface area (Å²) in [6.45, 7) is -2.40. The molecule has 2 rings (SSSR count). The van der Waals surface area contributed by atoms with E-state index in [0.717, 1.165) is 11.6 Å². The summed E-state index contributed by atoms with van der Waals surface area (Å²) < 4.78 is 30.9.